The van der Waals surface area contributed by atoms with Gasteiger partial charge in [0.1, 0.15) is 0 Å². The van der Waals surface area contributed by atoms with Crippen LogP contribution < -0.4 is 10.6 Å². The Labute approximate surface area is 119 Å². The third-order valence-corrected chi connectivity index (χ3v) is 6.54. The standard InChI is InChI=1S/C13H20N2O2S2/c1-10(2)19(16,17)8-6-15-5-7-18-13-4-3-11(14)9-12(13)15/h3-4,9-10H,5-8,14H2,1-2H3. The van der Waals surface area contributed by atoms with Gasteiger partial charge < -0.3 is 10.6 Å². The molecule has 0 aromatic heterocycles. The Balaban J connectivity index is 2.14. The molecule has 0 spiro atoms. The molecule has 2 rings (SSSR count). The van der Waals surface area contributed by atoms with Gasteiger partial charge >= 0.3 is 0 Å². The number of nitrogens with zero attached hydrogens (tertiary/aromatic N) is 1. The third kappa shape index (κ3) is 3.36. The van der Waals surface area contributed by atoms with E-state index in [1.54, 1.807) is 25.6 Å². The number of nitrogens with two attached hydrogens (primary N) is 1. The van der Waals surface area contributed by atoms with E-state index >= 15 is 0 Å². The summed E-state index contributed by atoms with van der Waals surface area (Å²) in [6.45, 7) is 4.87. The Morgan fingerprint density at radius 3 is 2.84 bits per heavy atom. The summed E-state index contributed by atoms with van der Waals surface area (Å²) < 4.78 is 23.8. The second-order valence-corrected chi connectivity index (χ2v) is 8.79. The fourth-order valence-corrected chi connectivity index (χ4v) is 3.97. The van der Waals surface area contributed by atoms with Gasteiger partial charge in [0.05, 0.1) is 16.7 Å². The summed E-state index contributed by atoms with van der Waals surface area (Å²) in [7, 11) is -2.99. The van der Waals surface area contributed by atoms with Crippen LogP contribution in [0.5, 0.6) is 0 Å². The second-order valence-electron chi connectivity index (χ2n) is 4.98. The van der Waals surface area contributed by atoms with E-state index in [4.69, 9.17) is 5.73 Å². The maximum Gasteiger partial charge on any atom is 0.154 e. The molecular formula is C13H20N2O2S2. The van der Waals surface area contributed by atoms with Gasteiger partial charge in [-0.15, -0.1) is 11.8 Å². The van der Waals surface area contributed by atoms with E-state index in [1.165, 1.54) is 4.90 Å². The third-order valence-electron chi connectivity index (χ3n) is 3.31. The molecule has 1 aliphatic rings. The zero-order valence-corrected chi connectivity index (χ0v) is 12.9. The molecule has 6 heteroatoms. The van der Waals surface area contributed by atoms with Crippen molar-refractivity contribution in [2.75, 3.05) is 35.2 Å². The molecule has 0 unspecified atom stereocenters. The van der Waals surface area contributed by atoms with Crippen molar-refractivity contribution in [1.29, 1.82) is 0 Å². The lowest BCUT2D eigenvalue weighted by molar-refractivity contribution is 0.586. The number of nitrogen functional groups attached to an aromatic ring is 1. The molecule has 2 N–H and O–H groups in total. The highest BCUT2D eigenvalue weighted by Crippen LogP contribution is 2.35. The van der Waals surface area contributed by atoms with Crippen LogP contribution in [0.2, 0.25) is 0 Å². The van der Waals surface area contributed by atoms with Crippen molar-refractivity contribution in [3.8, 4) is 0 Å². The molecule has 0 radical (unpaired) electrons. The van der Waals surface area contributed by atoms with Gasteiger partial charge in [0.25, 0.3) is 0 Å². The first-order valence-electron chi connectivity index (χ1n) is 6.39. The van der Waals surface area contributed by atoms with Gasteiger partial charge in [-0.3, -0.25) is 0 Å². The fourth-order valence-electron chi connectivity index (χ4n) is 2.00. The SMILES string of the molecule is CC(C)S(=O)(=O)CCN1CCSc2ccc(N)cc21. The number of anilines is 2. The molecule has 1 aromatic carbocycles. The van der Waals surface area contributed by atoms with Crippen LogP contribution in [-0.2, 0) is 9.84 Å². The van der Waals surface area contributed by atoms with Crippen LogP contribution in [0.15, 0.2) is 23.1 Å². The average molecular weight is 300 g/mol. The summed E-state index contributed by atoms with van der Waals surface area (Å²) in [6, 6.07) is 5.84. The molecule has 1 aliphatic heterocycles. The predicted molar refractivity (Wildman–Crippen MR) is 82.7 cm³/mol. The molecule has 19 heavy (non-hydrogen) atoms. The lowest BCUT2D eigenvalue weighted by Crippen LogP contribution is -2.35. The molecule has 0 saturated heterocycles. The minimum Gasteiger partial charge on any atom is -0.399 e. The summed E-state index contributed by atoms with van der Waals surface area (Å²) in [4.78, 5) is 3.31. The maximum atomic E-state index is 11.9. The number of benzene rings is 1. The maximum absolute atomic E-state index is 11.9. The van der Waals surface area contributed by atoms with Crippen LogP contribution in [0.4, 0.5) is 11.4 Å². The van der Waals surface area contributed by atoms with Crippen molar-refractivity contribution in [1.82, 2.24) is 0 Å². The Kier molecular flexibility index (Phi) is 4.30. The first-order chi connectivity index (χ1) is 8.90. The van der Waals surface area contributed by atoms with E-state index in [1.807, 2.05) is 18.2 Å². The minimum absolute atomic E-state index is 0.198. The highest BCUT2D eigenvalue weighted by Gasteiger charge is 2.21. The smallest absolute Gasteiger partial charge is 0.154 e. The molecule has 4 nitrogen and oxygen atoms in total. The van der Waals surface area contributed by atoms with Crippen LogP contribution in [0, 0.1) is 0 Å². The van der Waals surface area contributed by atoms with Crippen LogP contribution in [0.25, 0.3) is 0 Å². The van der Waals surface area contributed by atoms with Crippen molar-refractivity contribution in [3.63, 3.8) is 0 Å². The monoisotopic (exact) mass is 300 g/mol. The Bertz CT molecular complexity index is 556. The number of hydrogen-bond donors (Lipinski definition) is 1. The number of hydrogen-bond acceptors (Lipinski definition) is 5. The zero-order valence-electron chi connectivity index (χ0n) is 11.3. The van der Waals surface area contributed by atoms with E-state index < -0.39 is 9.84 Å². The summed E-state index contributed by atoms with van der Waals surface area (Å²) in [5.41, 5.74) is 7.61. The van der Waals surface area contributed by atoms with E-state index in [2.05, 4.69) is 4.90 Å². The van der Waals surface area contributed by atoms with Gasteiger partial charge in [-0.25, -0.2) is 8.42 Å². The van der Waals surface area contributed by atoms with Crippen LogP contribution in [0.3, 0.4) is 0 Å². The minimum atomic E-state index is -2.99. The van der Waals surface area contributed by atoms with E-state index in [0.717, 1.165) is 23.7 Å². The molecule has 0 fully saturated rings. The Morgan fingerprint density at radius 2 is 2.16 bits per heavy atom. The molecular weight excluding hydrogens is 280 g/mol. The quantitative estimate of drug-likeness (QED) is 0.862. The van der Waals surface area contributed by atoms with Crippen molar-refractivity contribution in [2.45, 2.75) is 24.0 Å². The largest absolute Gasteiger partial charge is 0.399 e. The summed E-state index contributed by atoms with van der Waals surface area (Å²) in [5.74, 6) is 1.18. The first kappa shape index (κ1) is 14.5. The topological polar surface area (TPSA) is 63.4 Å². The van der Waals surface area contributed by atoms with E-state index in [0.29, 0.717) is 6.54 Å². The van der Waals surface area contributed by atoms with Crippen molar-refractivity contribution >= 4 is 33.0 Å². The van der Waals surface area contributed by atoms with Crippen molar-refractivity contribution < 1.29 is 8.42 Å². The molecule has 1 heterocycles. The number of fused-ring (bicyclic) bond motifs is 1. The molecule has 0 bridgehead atoms. The molecule has 0 saturated carbocycles. The fraction of sp³-hybridized carbons (Fsp3) is 0.538. The zero-order chi connectivity index (χ0) is 14.0. The summed E-state index contributed by atoms with van der Waals surface area (Å²) in [5, 5.41) is -0.313. The number of thioether (sulfide) groups is 1. The average Bonchev–Trinajstić information content (AvgIpc) is 2.36. The molecule has 0 amide bonds. The lowest BCUT2D eigenvalue weighted by Gasteiger charge is -2.31. The highest BCUT2D eigenvalue weighted by atomic mass is 32.2. The number of sulfone groups is 1. The summed E-state index contributed by atoms with van der Waals surface area (Å²) in [6.07, 6.45) is 0. The van der Waals surface area contributed by atoms with Gasteiger partial charge in [0.2, 0.25) is 0 Å². The van der Waals surface area contributed by atoms with Crippen LogP contribution in [0.1, 0.15) is 13.8 Å². The molecule has 0 aliphatic carbocycles. The molecule has 0 atom stereocenters. The predicted octanol–water partition coefficient (Wildman–Crippen LogP) is 2.00. The van der Waals surface area contributed by atoms with Crippen LogP contribution in [-0.4, -0.2) is 38.3 Å². The Morgan fingerprint density at radius 1 is 1.42 bits per heavy atom. The lowest BCUT2D eigenvalue weighted by atomic mass is 10.2. The van der Waals surface area contributed by atoms with Crippen molar-refractivity contribution in [3.05, 3.63) is 18.2 Å². The molecule has 106 valence electrons. The Hall–Kier alpha value is -0.880. The summed E-state index contributed by atoms with van der Waals surface area (Å²) >= 11 is 1.79. The second kappa shape index (κ2) is 5.63. The normalized spacial score (nSPS) is 15.6. The van der Waals surface area contributed by atoms with E-state index in [-0.39, 0.29) is 11.0 Å². The van der Waals surface area contributed by atoms with Crippen LogP contribution >= 0.6 is 11.8 Å². The first-order valence-corrected chi connectivity index (χ1v) is 9.09. The van der Waals surface area contributed by atoms with Gasteiger partial charge in [0, 0.05) is 29.4 Å². The van der Waals surface area contributed by atoms with Crippen molar-refractivity contribution in [2.24, 2.45) is 0 Å². The highest BCUT2D eigenvalue weighted by molar-refractivity contribution is 7.99. The number of rotatable bonds is 4. The molecule has 1 aromatic rings. The van der Waals surface area contributed by atoms with Gasteiger partial charge in [-0.2, -0.15) is 0 Å². The van der Waals surface area contributed by atoms with Gasteiger partial charge in [-0.1, -0.05) is 0 Å². The van der Waals surface area contributed by atoms with Gasteiger partial charge in [0.15, 0.2) is 9.84 Å². The van der Waals surface area contributed by atoms with E-state index in [9.17, 15) is 8.42 Å². The van der Waals surface area contributed by atoms with Gasteiger partial charge in [-0.05, 0) is 32.0 Å².